The molecular weight excluding hydrogens is 4570 g/mol. The number of hydrogen-bond acceptors (Lipinski definition) is 6. The zero-order valence-electron chi connectivity index (χ0n) is 35.5. The van der Waals surface area contributed by atoms with E-state index in [1.54, 1.807) is 0 Å². The van der Waals surface area contributed by atoms with Gasteiger partial charge in [0, 0.05) is 0 Å². The Morgan fingerprint density at radius 2 is 0.224 bits per heavy atom. The average molecular weight is 4570 g/mol. The van der Waals surface area contributed by atoms with Crippen molar-refractivity contribution in [3.63, 3.8) is 0 Å². The fraction of sp³-hybridized carbons (Fsp3) is 1.00. The molecule has 0 aromatic heterocycles. The zero-order valence-corrected chi connectivity index (χ0v) is 119. The van der Waals surface area contributed by atoms with Gasteiger partial charge in [0.2, 0.25) is 37.2 Å². The molecule has 60 heteroatoms. The number of hydrogen-bond donors (Lipinski definition) is 0. The van der Waals surface area contributed by atoms with E-state index in [-0.39, 0.29) is 0 Å². The molecule has 0 N–H and O–H groups in total. The van der Waals surface area contributed by atoms with E-state index in [4.69, 9.17) is 0 Å². The summed E-state index contributed by atoms with van der Waals surface area (Å²) in [5, 5.41) is 0. The summed E-state index contributed by atoms with van der Waals surface area (Å²) >= 11 is 184. The molecule has 0 atom stereocenters. The molecule has 0 amide bonds. The van der Waals surface area contributed by atoms with Crippen LogP contribution in [0.25, 0.3) is 0 Å². The Labute approximate surface area is 919 Å². The zero-order chi connectivity index (χ0) is 71.1. The molecule has 85 heavy (non-hydrogen) atoms. The summed E-state index contributed by atoms with van der Waals surface area (Å²) in [6, 6.07) is 0. The Bertz CT molecular complexity index is 2540. The first-order chi connectivity index (χ1) is 35.4. The van der Waals surface area contributed by atoms with E-state index in [2.05, 4.69) is 812 Å². The van der Waals surface area contributed by atoms with Gasteiger partial charge in [-0.25, -0.2) is 25.3 Å². The molecule has 6 nitrogen and oxygen atoms in total. The largest absolute Gasteiger partial charge is 0.269 e. The molecule has 0 fully saturated rings. The molecule has 0 saturated heterocycles. The molecule has 0 unspecified atom stereocenters. The third-order valence-electron chi connectivity index (χ3n) is 9.91. The highest BCUT2D eigenvalue weighted by molar-refractivity contribution is 9.45. The van der Waals surface area contributed by atoms with E-state index < -0.39 is 106 Å². The van der Waals surface area contributed by atoms with E-state index in [0.29, 0.717) is 0 Å². The first-order valence-electron chi connectivity index (χ1n) is 17.2. The van der Waals surface area contributed by atoms with E-state index in [9.17, 15) is 0 Å². The first-order valence-corrected chi connectivity index (χ1v) is 62.3. The van der Waals surface area contributed by atoms with Gasteiger partial charge < -0.3 is 0 Å². The van der Waals surface area contributed by atoms with Crippen LogP contribution >= 0.6 is 812 Å². The summed E-state index contributed by atoms with van der Waals surface area (Å²) in [7, 11) is -18.7. The van der Waals surface area contributed by atoms with Crippen LogP contribution in [0, 0.1) is 0 Å². The molecule has 0 aromatic carbocycles. The van der Waals surface area contributed by atoms with Crippen molar-refractivity contribution in [2.75, 3.05) is 0 Å². The Balaban J connectivity index is 10.0. The minimum absolute atomic E-state index is 1.20. The number of sulfone groups is 3. The van der Waals surface area contributed by atoms with Gasteiger partial charge in [-0.2, -0.15) is 0 Å². The van der Waals surface area contributed by atoms with Crippen LogP contribution in [0.3, 0.4) is 0 Å². The Hall–Kier alpha value is 24.3. The van der Waals surface area contributed by atoms with Crippen molar-refractivity contribution in [3.05, 3.63) is 0 Å². The molecule has 0 aliphatic rings. The Kier molecular flexibility index (Phi) is 44.8. The quantitative estimate of drug-likeness (QED) is 0.0892. The fourth-order valence-electron chi connectivity index (χ4n) is 4.85. The van der Waals surface area contributed by atoms with Crippen LogP contribution < -0.4 is 0 Å². The van der Waals surface area contributed by atoms with Gasteiger partial charge >= 0.3 is 0 Å². The van der Waals surface area contributed by atoms with Crippen molar-refractivity contribution >= 4 is 842 Å². The summed E-state index contributed by atoms with van der Waals surface area (Å²) in [4.78, 5) is 0. The highest BCUT2D eigenvalue weighted by atomic mass is 80.0. The van der Waals surface area contributed by atoms with E-state index in [1.807, 2.05) is 0 Å². The molecule has 0 heterocycles. The van der Waals surface area contributed by atoms with Gasteiger partial charge in [0.05, 0.1) is 0 Å². The maximum atomic E-state index is 16.8. The third-order valence-corrected chi connectivity index (χ3v) is 128. The second-order valence-electron chi connectivity index (χ2n) is 15.3. The van der Waals surface area contributed by atoms with E-state index in [0.717, 1.165) is 0 Å². The van der Waals surface area contributed by atoms with Gasteiger partial charge in [0.15, 0.2) is 6.43 Å². The molecule has 0 aliphatic heterocycles. The Morgan fingerprint density at radius 3 is 0.318 bits per heavy atom. The first kappa shape index (κ1) is 109. The van der Waals surface area contributed by atoms with Crippen molar-refractivity contribution in [3.8, 4) is 0 Å². The normalized spacial score (nSPS) is 17.5. The molecule has 0 saturated carbocycles. The molecule has 512 valence electrons. The number of alkyl halides is 51. The lowest BCUT2D eigenvalue weighted by Crippen LogP contribution is -2.72. The minimum Gasteiger partial charge on any atom is -0.224 e. The lowest BCUT2D eigenvalue weighted by Gasteiger charge is -2.58. The molecular formula is C25HBr51O6S3. The fourth-order valence-corrected chi connectivity index (χ4v) is 69.4. The summed E-state index contributed by atoms with van der Waals surface area (Å²) in [6.07, 6.45) is 0. The standard InChI is InChI=1S/C25HBr51O6S3/c26-2(27,8(38,39)14(50,51)20(62,63)64)5(32,33)11(44,45)17(56,57)23(71,72)83(77,78)1(84(79,80)24(73,74)18(58,59)12(46,47)6(34,35)3(28,29)9(40,41)15(52,53)21(65,66)67)85(81,82)25(75,76)19(60,61)13(48,49)7(36,37)4(30,31)10(42,43)16(54,55)22(68,69)70/h1H. The summed E-state index contributed by atoms with van der Waals surface area (Å²) in [5.41, 5.74) is 0. The maximum absolute atomic E-state index is 16.8. The minimum atomic E-state index is -6.24. The topological polar surface area (TPSA) is 102 Å². The van der Waals surface area contributed by atoms with Gasteiger partial charge in [-0.3, -0.25) is 0 Å². The molecule has 0 aromatic rings. The van der Waals surface area contributed by atoms with Crippen LogP contribution in [0.4, 0.5) is 0 Å². The van der Waals surface area contributed by atoms with Gasteiger partial charge in [-0.15, -0.1) is 0 Å². The van der Waals surface area contributed by atoms with Crippen LogP contribution in [-0.4, -0.2) is 101 Å². The van der Waals surface area contributed by atoms with Crippen LogP contribution in [-0.2, 0) is 29.5 Å². The van der Waals surface area contributed by atoms with Gasteiger partial charge in [0.25, 0.3) is 3.91 Å². The predicted molar refractivity (Wildman–Crippen MR) is 551 cm³/mol. The second kappa shape index (κ2) is 34.8. The molecule has 0 radical (unpaired) electrons. The third kappa shape index (κ3) is 18.4. The van der Waals surface area contributed by atoms with Gasteiger partial charge in [-0.1, -0.05) is 812 Å². The van der Waals surface area contributed by atoms with Crippen molar-refractivity contribution in [1.29, 1.82) is 0 Å². The second-order valence-corrected chi connectivity index (χ2v) is 118. The molecule has 0 spiro atoms. The lowest BCUT2D eigenvalue weighted by molar-refractivity contribution is 0.550. The summed E-state index contributed by atoms with van der Waals surface area (Å²) < 4.78 is 50.6. The number of halogens is 51. The number of rotatable bonds is 24. The maximum Gasteiger partial charge on any atom is 0.269 e. The summed E-state index contributed by atoms with van der Waals surface area (Å²) in [6.45, 7) is 0. The van der Waals surface area contributed by atoms with Crippen LogP contribution in [0.5, 0.6) is 0 Å². The van der Waals surface area contributed by atoms with Crippen LogP contribution in [0.2, 0.25) is 0 Å². The van der Waals surface area contributed by atoms with E-state index >= 15 is 25.3 Å². The highest BCUT2D eigenvalue weighted by Crippen LogP contribution is 2.83. The van der Waals surface area contributed by atoms with Crippen molar-refractivity contribution in [1.82, 2.24) is 0 Å². The lowest BCUT2D eigenvalue weighted by atomic mass is 10.1. The van der Waals surface area contributed by atoms with Crippen LogP contribution in [0.15, 0.2) is 0 Å². The van der Waals surface area contributed by atoms with E-state index in [1.165, 1.54) is 0 Å². The average Bonchev–Trinajstić information content (AvgIpc) is 3.23. The SMILES string of the molecule is O=S(=O)(C(S(=O)(=O)C(Br)(Br)C(Br)(Br)C(Br)(Br)C(Br)(Br)C(Br)(Br)C(Br)(Br)C(Br)(Br)C(Br)(Br)Br)S(=O)(=O)C(Br)(Br)C(Br)(Br)C(Br)(Br)C(Br)(Br)C(Br)(Br)C(Br)(Br)C(Br)(Br)C(Br)(Br)Br)C(Br)(Br)C(Br)(Br)C(Br)(Br)C(Br)(Br)C(Br)(Br)C(Br)(Br)C(Br)(Br)C(Br)(Br)Br. The molecule has 0 bridgehead atoms. The van der Waals surface area contributed by atoms with Gasteiger partial charge in [0.1, 0.15) is 58.2 Å². The summed E-state index contributed by atoms with van der Waals surface area (Å²) in [5.74, 6) is 0. The Morgan fingerprint density at radius 1 is 0.141 bits per heavy atom. The smallest absolute Gasteiger partial charge is 0.224 e. The van der Waals surface area contributed by atoms with Gasteiger partial charge in [-0.05, 0) is 0 Å². The predicted octanol–water partition coefficient (Wildman–Crippen LogP) is 36.1. The molecule has 0 rings (SSSR count). The van der Waals surface area contributed by atoms with Crippen molar-refractivity contribution < 1.29 is 25.3 Å². The van der Waals surface area contributed by atoms with Crippen molar-refractivity contribution in [2.24, 2.45) is 0 Å². The van der Waals surface area contributed by atoms with Crippen LogP contribution in [0.1, 0.15) is 0 Å². The van der Waals surface area contributed by atoms with Crippen molar-refractivity contribution in [2.45, 2.75) is 76.2 Å². The highest BCUT2D eigenvalue weighted by Gasteiger charge is 2.86. The monoisotopic (exact) mass is 4520 g/mol. The molecule has 0 aliphatic carbocycles.